The highest BCUT2D eigenvalue weighted by atomic mass is 19.4. The number of hydrogen-bond donors (Lipinski definition) is 1. The van der Waals surface area contributed by atoms with E-state index in [4.69, 9.17) is 0 Å². The second-order valence-corrected chi connectivity index (χ2v) is 4.25. The van der Waals surface area contributed by atoms with Crippen LogP contribution >= 0.6 is 0 Å². The monoisotopic (exact) mass is 246 g/mol. The first-order valence-electron chi connectivity index (χ1n) is 5.64. The van der Waals surface area contributed by atoms with Crippen molar-refractivity contribution in [2.45, 2.75) is 39.4 Å². The van der Waals surface area contributed by atoms with Crippen molar-refractivity contribution in [3.63, 3.8) is 0 Å². The maximum atomic E-state index is 12.3. The Morgan fingerprint density at radius 3 is 2.35 bits per heavy atom. The first-order chi connectivity index (χ1) is 7.84. The largest absolute Gasteiger partial charge is 0.417 e. The zero-order valence-electron chi connectivity index (χ0n) is 10.2. The molecule has 0 fully saturated rings. The number of nitrogens with one attached hydrogen (secondary N) is 1. The smallest absolute Gasteiger partial charge is 0.367 e. The molecule has 0 aromatic carbocycles. The van der Waals surface area contributed by atoms with E-state index in [0.29, 0.717) is 11.7 Å². The van der Waals surface area contributed by atoms with E-state index in [-0.39, 0.29) is 6.04 Å². The van der Waals surface area contributed by atoms with E-state index in [0.717, 1.165) is 18.7 Å². The minimum absolute atomic E-state index is 0.184. The van der Waals surface area contributed by atoms with Crippen molar-refractivity contribution >= 4 is 5.82 Å². The molecule has 1 heterocycles. The van der Waals surface area contributed by atoms with Crippen molar-refractivity contribution in [2.24, 2.45) is 5.92 Å². The molecule has 0 aliphatic rings. The van der Waals surface area contributed by atoms with E-state index in [1.54, 1.807) is 0 Å². The lowest BCUT2D eigenvalue weighted by Gasteiger charge is -2.20. The van der Waals surface area contributed by atoms with Crippen molar-refractivity contribution < 1.29 is 13.2 Å². The Morgan fingerprint density at radius 2 is 1.94 bits per heavy atom. The highest BCUT2D eigenvalue weighted by Gasteiger charge is 2.30. The molecule has 2 atom stereocenters. The van der Waals surface area contributed by atoms with Crippen molar-refractivity contribution in [3.8, 4) is 0 Å². The molecule has 0 saturated carbocycles. The number of hydrogen-bond acceptors (Lipinski definition) is 2. The molecule has 5 heteroatoms. The molecule has 0 radical (unpaired) electrons. The van der Waals surface area contributed by atoms with E-state index >= 15 is 0 Å². The number of aromatic nitrogens is 1. The Morgan fingerprint density at radius 1 is 1.29 bits per heavy atom. The third-order valence-electron chi connectivity index (χ3n) is 2.96. The van der Waals surface area contributed by atoms with Crippen molar-refractivity contribution in [2.75, 3.05) is 5.32 Å². The van der Waals surface area contributed by atoms with E-state index in [9.17, 15) is 13.2 Å². The molecule has 0 amide bonds. The van der Waals surface area contributed by atoms with Crippen LogP contribution in [0.15, 0.2) is 18.3 Å². The van der Waals surface area contributed by atoms with Crippen LogP contribution in [-0.4, -0.2) is 11.0 Å². The van der Waals surface area contributed by atoms with Crippen molar-refractivity contribution in [1.29, 1.82) is 0 Å². The van der Waals surface area contributed by atoms with Gasteiger partial charge >= 0.3 is 6.18 Å². The van der Waals surface area contributed by atoms with Crippen molar-refractivity contribution in [3.05, 3.63) is 23.9 Å². The number of rotatable bonds is 4. The standard InChI is InChI=1S/C12H17F3N2/c1-4-8(2)9(3)17-11-6-5-10(7-16-11)12(13,14)15/h5-9H,4H2,1-3H3,(H,16,17). The summed E-state index contributed by atoms with van der Waals surface area (Å²) in [6, 6.07) is 2.59. The quantitative estimate of drug-likeness (QED) is 0.870. The van der Waals surface area contributed by atoms with Gasteiger partial charge in [0.2, 0.25) is 0 Å². The second kappa shape index (κ2) is 5.38. The highest BCUT2D eigenvalue weighted by molar-refractivity contribution is 5.37. The number of nitrogens with zero attached hydrogens (tertiary/aromatic N) is 1. The van der Waals surface area contributed by atoms with Crippen LogP contribution in [0.3, 0.4) is 0 Å². The molecule has 0 aliphatic carbocycles. The van der Waals surface area contributed by atoms with E-state index in [1.165, 1.54) is 6.07 Å². The third kappa shape index (κ3) is 3.91. The van der Waals surface area contributed by atoms with Gasteiger partial charge in [-0.3, -0.25) is 0 Å². The van der Waals surface area contributed by atoms with Gasteiger partial charge in [-0.25, -0.2) is 4.98 Å². The number of alkyl halides is 3. The summed E-state index contributed by atoms with van der Waals surface area (Å²) in [6.45, 7) is 6.15. The Labute approximate surface area is 99.3 Å². The third-order valence-corrected chi connectivity index (χ3v) is 2.96. The van der Waals surface area contributed by atoms with E-state index in [1.807, 2.05) is 6.92 Å². The second-order valence-electron chi connectivity index (χ2n) is 4.25. The molecule has 2 unspecified atom stereocenters. The summed E-state index contributed by atoms with van der Waals surface area (Å²) in [5, 5.41) is 3.09. The van der Waals surface area contributed by atoms with Crippen LogP contribution in [0.25, 0.3) is 0 Å². The fourth-order valence-electron chi connectivity index (χ4n) is 1.38. The molecule has 1 aromatic rings. The van der Waals surface area contributed by atoms with Crippen LogP contribution in [0, 0.1) is 5.92 Å². The van der Waals surface area contributed by atoms with Gasteiger partial charge in [0.15, 0.2) is 0 Å². The van der Waals surface area contributed by atoms with Gasteiger partial charge in [0, 0.05) is 12.2 Å². The summed E-state index contributed by atoms with van der Waals surface area (Å²) in [5.74, 6) is 0.921. The van der Waals surface area contributed by atoms with Crippen LogP contribution in [-0.2, 0) is 6.18 Å². The molecular formula is C12H17F3N2. The maximum absolute atomic E-state index is 12.3. The van der Waals surface area contributed by atoms with Crippen LogP contribution in [0.4, 0.5) is 19.0 Å². The molecule has 0 spiro atoms. The fraction of sp³-hybridized carbons (Fsp3) is 0.583. The molecule has 1 aromatic heterocycles. The minimum Gasteiger partial charge on any atom is -0.367 e. The summed E-state index contributed by atoms with van der Waals surface area (Å²) >= 11 is 0. The zero-order valence-corrected chi connectivity index (χ0v) is 10.2. The molecule has 0 saturated heterocycles. The Balaban J connectivity index is 2.69. The molecular weight excluding hydrogens is 229 g/mol. The number of halogens is 3. The lowest BCUT2D eigenvalue weighted by Crippen LogP contribution is -2.23. The molecule has 17 heavy (non-hydrogen) atoms. The summed E-state index contributed by atoms with van der Waals surface area (Å²) in [7, 11) is 0. The van der Waals surface area contributed by atoms with Crippen molar-refractivity contribution in [1.82, 2.24) is 4.98 Å². The summed E-state index contributed by atoms with van der Waals surface area (Å²) in [4.78, 5) is 3.77. The predicted molar refractivity (Wildman–Crippen MR) is 61.8 cm³/mol. The van der Waals surface area contributed by atoms with Gasteiger partial charge in [0.05, 0.1) is 5.56 Å². The van der Waals surface area contributed by atoms with Crippen LogP contribution in [0.5, 0.6) is 0 Å². The molecule has 1 N–H and O–H groups in total. The normalized spacial score (nSPS) is 15.4. The van der Waals surface area contributed by atoms with E-state index in [2.05, 4.69) is 24.1 Å². The lowest BCUT2D eigenvalue weighted by atomic mass is 10.0. The highest BCUT2D eigenvalue weighted by Crippen LogP contribution is 2.29. The van der Waals surface area contributed by atoms with Crippen LogP contribution < -0.4 is 5.32 Å². The van der Waals surface area contributed by atoms with Gasteiger partial charge in [-0.05, 0) is 25.0 Å². The van der Waals surface area contributed by atoms with Gasteiger partial charge in [-0.2, -0.15) is 13.2 Å². The lowest BCUT2D eigenvalue weighted by molar-refractivity contribution is -0.137. The average molecular weight is 246 g/mol. The van der Waals surface area contributed by atoms with Gasteiger partial charge in [-0.1, -0.05) is 20.3 Å². The predicted octanol–water partition coefficient (Wildman–Crippen LogP) is 3.95. The summed E-state index contributed by atoms with van der Waals surface area (Å²) in [5.41, 5.74) is -0.723. The zero-order chi connectivity index (χ0) is 13.1. The molecule has 1 rings (SSSR count). The fourth-order valence-corrected chi connectivity index (χ4v) is 1.38. The maximum Gasteiger partial charge on any atom is 0.417 e. The Hall–Kier alpha value is -1.26. The first-order valence-corrected chi connectivity index (χ1v) is 5.64. The number of anilines is 1. The topological polar surface area (TPSA) is 24.9 Å². The molecule has 0 bridgehead atoms. The molecule has 0 aliphatic heterocycles. The van der Waals surface area contributed by atoms with E-state index < -0.39 is 11.7 Å². The van der Waals surface area contributed by atoms with Gasteiger partial charge in [-0.15, -0.1) is 0 Å². The first kappa shape index (κ1) is 13.8. The van der Waals surface area contributed by atoms with Gasteiger partial charge in [0.25, 0.3) is 0 Å². The van der Waals surface area contributed by atoms with Crippen LogP contribution in [0.1, 0.15) is 32.8 Å². The SMILES string of the molecule is CCC(C)C(C)Nc1ccc(C(F)(F)F)cn1. The van der Waals surface area contributed by atoms with Gasteiger partial charge < -0.3 is 5.32 Å². The summed E-state index contributed by atoms with van der Waals surface area (Å²) < 4.78 is 36.9. The molecule has 96 valence electrons. The average Bonchev–Trinajstić information content (AvgIpc) is 2.27. The molecule has 2 nitrogen and oxygen atoms in total. The minimum atomic E-state index is -4.33. The Bertz CT molecular complexity index is 346. The number of pyridine rings is 1. The van der Waals surface area contributed by atoms with Gasteiger partial charge in [0.1, 0.15) is 5.82 Å². The van der Waals surface area contributed by atoms with Crippen LogP contribution in [0.2, 0.25) is 0 Å². The summed E-state index contributed by atoms with van der Waals surface area (Å²) in [6.07, 6.45) is -2.46. The Kier molecular flexibility index (Phi) is 4.37.